The molecule has 0 atom stereocenters. The van der Waals surface area contributed by atoms with Gasteiger partial charge in [0.2, 0.25) is 0 Å². The van der Waals surface area contributed by atoms with Crippen LogP contribution in [0, 0.1) is 0 Å². The molecule has 0 bridgehead atoms. The van der Waals surface area contributed by atoms with Crippen LogP contribution in [0.25, 0.3) is 0 Å². The number of nitrogens with one attached hydrogen (secondary N) is 1. The zero-order chi connectivity index (χ0) is 13.0. The summed E-state index contributed by atoms with van der Waals surface area (Å²) in [7, 11) is 0. The van der Waals surface area contributed by atoms with E-state index in [0.717, 1.165) is 39.0 Å². The zero-order valence-corrected chi connectivity index (χ0v) is 12.4. The highest BCUT2D eigenvalue weighted by Crippen LogP contribution is 2.29. The molecular weight excluding hydrogens is 264 g/mol. The summed E-state index contributed by atoms with van der Waals surface area (Å²) in [5.74, 6) is 0.206. The number of hydrogen-bond donors (Lipinski definition) is 1. The molecule has 0 unspecified atom stereocenters. The van der Waals surface area contributed by atoms with Gasteiger partial charge in [-0.05, 0) is 45.8 Å². The number of nitrogens with zero attached hydrogens (tertiary/aromatic N) is 3. The Morgan fingerprint density at radius 3 is 2.47 bits per heavy atom. The summed E-state index contributed by atoms with van der Waals surface area (Å²) in [6, 6.07) is 1.89. The van der Waals surface area contributed by atoms with E-state index in [1.54, 1.807) is 6.20 Å². The largest absolute Gasteiger partial charge is 0.341 e. The van der Waals surface area contributed by atoms with Crippen molar-refractivity contribution in [2.75, 3.05) is 26.2 Å². The highest BCUT2D eigenvalue weighted by atomic mass is 35.5. The summed E-state index contributed by atoms with van der Waals surface area (Å²) in [5.41, 5.74) is -0.485. The number of carbonyl (C=O) groups is 1. The minimum Gasteiger partial charge on any atom is -0.341 e. The maximum Gasteiger partial charge on any atom is 0.250 e. The Morgan fingerprint density at radius 2 is 2.00 bits per heavy atom. The second kappa shape index (κ2) is 6.91. The van der Waals surface area contributed by atoms with Crippen molar-refractivity contribution in [2.24, 2.45) is 0 Å². The standard InChI is InChI=1S/C13H22N4O.ClH/c1-3-16(4-2)12(18)13(6-9-14-10-7-13)17-11-5-8-15-17;/h5,8,11,14H,3-4,6-7,9-10H2,1-2H3;1H. The van der Waals surface area contributed by atoms with Gasteiger partial charge in [0.25, 0.3) is 5.91 Å². The van der Waals surface area contributed by atoms with Crippen LogP contribution in [0.4, 0.5) is 0 Å². The minimum absolute atomic E-state index is 0. The molecule has 1 amide bonds. The van der Waals surface area contributed by atoms with E-state index in [2.05, 4.69) is 10.4 Å². The fraction of sp³-hybridized carbons (Fsp3) is 0.692. The molecule has 2 rings (SSSR count). The first kappa shape index (κ1) is 16.0. The Morgan fingerprint density at radius 1 is 1.37 bits per heavy atom. The van der Waals surface area contributed by atoms with Crippen molar-refractivity contribution >= 4 is 18.3 Å². The van der Waals surface area contributed by atoms with Gasteiger partial charge in [-0.15, -0.1) is 12.4 Å². The van der Waals surface area contributed by atoms with Crippen molar-refractivity contribution in [3.63, 3.8) is 0 Å². The van der Waals surface area contributed by atoms with Crippen LogP contribution in [-0.2, 0) is 10.3 Å². The predicted octanol–water partition coefficient (Wildman–Crippen LogP) is 1.25. The molecule has 1 aliphatic heterocycles. The molecule has 0 saturated carbocycles. The molecule has 0 aliphatic carbocycles. The summed E-state index contributed by atoms with van der Waals surface area (Å²) in [5, 5.41) is 7.64. The van der Waals surface area contributed by atoms with Crippen LogP contribution in [0.15, 0.2) is 18.5 Å². The monoisotopic (exact) mass is 286 g/mol. The summed E-state index contributed by atoms with van der Waals surface area (Å²) >= 11 is 0. The third kappa shape index (κ3) is 2.92. The summed E-state index contributed by atoms with van der Waals surface area (Å²) in [4.78, 5) is 14.7. The van der Waals surface area contributed by atoms with Crippen molar-refractivity contribution in [1.82, 2.24) is 20.0 Å². The van der Waals surface area contributed by atoms with Gasteiger partial charge in [0.1, 0.15) is 5.54 Å². The van der Waals surface area contributed by atoms with E-state index < -0.39 is 5.54 Å². The lowest BCUT2D eigenvalue weighted by molar-refractivity contribution is -0.142. The predicted molar refractivity (Wildman–Crippen MR) is 77.5 cm³/mol. The molecule has 1 aliphatic rings. The third-order valence-electron chi connectivity index (χ3n) is 3.82. The number of halogens is 1. The van der Waals surface area contributed by atoms with E-state index in [1.165, 1.54) is 0 Å². The average Bonchev–Trinajstić information content (AvgIpc) is 2.95. The van der Waals surface area contributed by atoms with Gasteiger partial charge >= 0.3 is 0 Å². The Hall–Kier alpha value is -1.07. The smallest absolute Gasteiger partial charge is 0.250 e. The normalized spacial score (nSPS) is 17.6. The van der Waals surface area contributed by atoms with Crippen LogP contribution in [0.5, 0.6) is 0 Å². The fourth-order valence-electron chi connectivity index (χ4n) is 2.71. The SMILES string of the molecule is CCN(CC)C(=O)C1(n2cccn2)CCNCC1.Cl. The first-order chi connectivity index (χ1) is 8.74. The van der Waals surface area contributed by atoms with Crippen LogP contribution < -0.4 is 5.32 Å². The number of amides is 1. The number of piperidine rings is 1. The van der Waals surface area contributed by atoms with Crippen LogP contribution in [0.2, 0.25) is 0 Å². The lowest BCUT2D eigenvalue weighted by Crippen LogP contribution is -2.55. The number of aromatic nitrogens is 2. The van der Waals surface area contributed by atoms with Crippen LogP contribution in [0.1, 0.15) is 26.7 Å². The van der Waals surface area contributed by atoms with E-state index in [4.69, 9.17) is 0 Å². The van der Waals surface area contributed by atoms with Crippen LogP contribution >= 0.6 is 12.4 Å². The fourth-order valence-corrected chi connectivity index (χ4v) is 2.71. The minimum atomic E-state index is -0.485. The van der Waals surface area contributed by atoms with Crippen LogP contribution in [-0.4, -0.2) is 46.8 Å². The Balaban J connectivity index is 0.00000180. The molecule has 19 heavy (non-hydrogen) atoms. The second-order valence-corrected chi connectivity index (χ2v) is 4.71. The molecule has 0 aromatic carbocycles. The molecule has 0 spiro atoms. The van der Waals surface area contributed by atoms with Gasteiger partial charge in [0, 0.05) is 25.5 Å². The van der Waals surface area contributed by atoms with Crippen molar-refractivity contribution in [3.05, 3.63) is 18.5 Å². The van der Waals surface area contributed by atoms with E-state index >= 15 is 0 Å². The molecule has 1 saturated heterocycles. The topological polar surface area (TPSA) is 50.2 Å². The molecule has 1 aromatic heterocycles. The number of likely N-dealkylation sites (N-methyl/N-ethyl adjacent to an activating group) is 1. The summed E-state index contributed by atoms with van der Waals surface area (Å²) < 4.78 is 1.86. The van der Waals surface area contributed by atoms with Gasteiger partial charge < -0.3 is 10.2 Å². The molecule has 6 heteroatoms. The van der Waals surface area contributed by atoms with E-state index in [1.807, 2.05) is 35.7 Å². The lowest BCUT2D eigenvalue weighted by Gasteiger charge is -2.39. The summed E-state index contributed by atoms with van der Waals surface area (Å²) in [6.07, 6.45) is 5.28. The van der Waals surface area contributed by atoms with Gasteiger partial charge in [-0.25, -0.2) is 0 Å². The highest BCUT2D eigenvalue weighted by molar-refractivity contribution is 5.85. The van der Waals surface area contributed by atoms with E-state index in [0.29, 0.717) is 0 Å². The third-order valence-corrected chi connectivity index (χ3v) is 3.82. The zero-order valence-electron chi connectivity index (χ0n) is 11.6. The van der Waals surface area contributed by atoms with Crippen molar-refractivity contribution in [1.29, 1.82) is 0 Å². The van der Waals surface area contributed by atoms with Gasteiger partial charge in [-0.2, -0.15) is 5.10 Å². The lowest BCUT2D eigenvalue weighted by atomic mass is 9.86. The first-order valence-electron chi connectivity index (χ1n) is 6.75. The van der Waals surface area contributed by atoms with Crippen molar-refractivity contribution in [3.8, 4) is 0 Å². The van der Waals surface area contributed by atoms with E-state index in [9.17, 15) is 4.79 Å². The van der Waals surface area contributed by atoms with E-state index in [-0.39, 0.29) is 18.3 Å². The maximum absolute atomic E-state index is 12.8. The number of hydrogen-bond acceptors (Lipinski definition) is 3. The molecule has 0 radical (unpaired) electrons. The molecule has 1 fully saturated rings. The van der Waals surface area contributed by atoms with Gasteiger partial charge in [0.15, 0.2) is 0 Å². The van der Waals surface area contributed by atoms with Gasteiger partial charge in [-0.1, -0.05) is 0 Å². The maximum atomic E-state index is 12.8. The average molecular weight is 287 g/mol. The Labute approximate surface area is 120 Å². The molecule has 108 valence electrons. The molecule has 5 nitrogen and oxygen atoms in total. The van der Waals surface area contributed by atoms with Crippen LogP contribution in [0.3, 0.4) is 0 Å². The van der Waals surface area contributed by atoms with Gasteiger partial charge in [-0.3, -0.25) is 9.48 Å². The van der Waals surface area contributed by atoms with Crippen molar-refractivity contribution in [2.45, 2.75) is 32.2 Å². The summed E-state index contributed by atoms with van der Waals surface area (Å²) in [6.45, 7) is 7.30. The van der Waals surface area contributed by atoms with Crippen molar-refractivity contribution < 1.29 is 4.79 Å². The molecule has 1 N–H and O–H groups in total. The molecule has 2 heterocycles. The highest BCUT2D eigenvalue weighted by Gasteiger charge is 2.43. The quantitative estimate of drug-likeness (QED) is 0.906. The van der Waals surface area contributed by atoms with Gasteiger partial charge in [0.05, 0.1) is 0 Å². The molecular formula is C13H23ClN4O. The second-order valence-electron chi connectivity index (χ2n) is 4.71. The number of carbonyl (C=O) groups excluding carboxylic acids is 1. The Kier molecular flexibility index (Phi) is 5.82. The Bertz CT molecular complexity index is 383. The number of rotatable bonds is 4. The molecule has 1 aromatic rings. The first-order valence-corrected chi connectivity index (χ1v) is 6.75.